The zero-order valence-electron chi connectivity index (χ0n) is 29.2. The van der Waals surface area contributed by atoms with Crippen LogP contribution in [0.3, 0.4) is 0 Å². The van der Waals surface area contributed by atoms with Crippen LogP contribution in [0.15, 0.2) is 0 Å². The fourth-order valence-corrected chi connectivity index (χ4v) is 6.81. The predicted molar refractivity (Wildman–Crippen MR) is 167 cm³/mol. The molecule has 56 heavy (non-hydrogen) atoms. The first-order valence-corrected chi connectivity index (χ1v) is 17.6. The fourth-order valence-electron chi connectivity index (χ4n) is 6.81. The Balaban J connectivity index is 1.32. The van der Waals surface area contributed by atoms with E-state index in [1.54, 1.807) is 0 Å². The maximum absolute atomic E-state index is 11.3. The highest BCUT2D eigenvalue weighted by atomic mass is 16.8. The molecule has 0 aromatic rings. The van der Waals surface area contributed by atoms with Crippen molar-refractivity contribution in [3.8, 4) is 0 Å². The van der Waals surface area contributed by atoms with Gasteiger partial charge in [0.15, 0.2) is 31.5 Å². The highest BCUT2D eigenvalue weighted by Gasteiger charge is 2.54. The van der Waals surface area contributed by atoms with Crippen molar-refractivity contribution in [1.29, 1.82) is 0 Å². The molecule has 5 heterocycles. The molecule has 0 unspecified atom stereocenters. The summed E-state index contributed by atoms with van der Waals surface area (Å²) in [7, 11) is 0. The van der Waals surface area contributed by atoms with Gasteiger partial charge in [-0.25, -0.2) is 0 Å². The van der Waals surface area contributed by atoms with Crippen LogP contribution in [0, 0.1) is 0 Å². The first-order chi connectivity index (χ1) is 26.4. The number of ether oxygens (including phenoxy) is 9. The summed E-state index contributed by atoms with van der Waals surface area (Å²) in [6.07, 6.45) is -45.9. The van der Waals surface area contributed by atoms with Crippen LogP contribution < -0.4 is 0 Å². The van der Waals surface area contributed by atoms with E-state index in [4.69, 9.17) is 42.6 Å². The first kappa shape index (κ1) is 46.0. The molecule has 5 saturated heterocycles. The standard InChI is InChI=1S/C30H52O26/c31-1-6-11(34)16(39)19(42)27(51-6)48-5-10-15(38)25(56-30-21(44)18(41)13(36)8(3-33)53-30)23(46)28(54-10)49-4-9-14(37)24(22(45)26(47)50-9)55-29-20(43)17(40)12(35)7(2-32)52-29/h6-47H,1-5H2/t6-,7-,8-,9-,10-,11-,12-,13-,14-,15-,16+,17+,18+,19+,20+,21+,22+,23+,24+,25+,26+,27-,28-,29+,30+/m1/s1. The molecule has 328 valence electrons. The van der Waals surface area contributed by atoms with Gasteiger partial charge in [-0.2, -0.15) is 0 Å². The van der Waals surface area contributed by atoms with Crippen molar-refractivity contribution >= 4 is 0 Å². The molecule has 0 aromatic heterocycles. The SMILES string of the molecule is OC[C@H]1O[C@@H](OC[C@H]2O[C@@H](OC[C@H]3O[C@H](O)[C@@H](O)[C@@H](O[C@@H]4O[C@H](CO)[C@@H](O)[C@H](O)[C@@H]4O)[C@@H]3O)[C@@H](O)[C@@H](O[C@@H]3O[C@H](CO)[C@@H](O)[C@H](O)[C@@H]3O)[C@@H]2O)[C@@H](O)[C@@H](O)[C@@H]1O. The molecule has 5 aliphatic rings. The van der Waals surface area contributed by atoms with Crippen LogP contribution in [0.5, 0.6) is 0 Å². The van der Waals surface area contributed by atoms with Crippen LogP contribution in [0.25, 0.3) is 0 Å². The summed E-state index contributed by atoms with van der Waals surface area (Å²) in [6.45, 7) is -4.13. The molecule has 0 aliphatic carbocycles. The third-order valence-electron chi connectivity index (χ3n) is 10.3. The molecule has 0 aromatic carbocycles. The van der Waals surface area contributed by atoms with Gasteiger partial charge in [0.2, 0.25) is 0 Å². The van der Waals surface area contributed by atoms with E-state index in [-0.39, 0.29) is 0 Å². The Morgan fingerprint density at radius 1 is 0.304 bits per heavy atom. The Kier molecular flexibility index (Phi) is 16.1. The fraction of sp³-hybridized carbons (Fsp3) is 1.00. The molecule has 5 rings (SSSR count). The van der Waals surface area contributed by atoms with E-state index < -0.39 is 187 Å². The van der Waals surface area contributed by atoms with Crippen LogP contribution in [0.4, 0.5) is 0 Å². The molecule has 5 fully saturated rings. The lowest BCUT2D eigenvalue weighted by atomic mass is 9.96. The minimum Gasteiger partial charge on any atom is -0.394 e. The number of rotatable bonds is 13. The van der Waals surface area contributed by atoms with Gasteiger partial charge in [-0.1, -0.05) is 0 Å². The molecule has 17 N–H and O–H groups in total. The largest absolute Gasteiger partial charge is 0.394 e. The molecule has 25 atom stereocenters. The Morgan fingerprint density at radius 3 is 1.04 bits per heavy atom. The molecule has 0 bridgehead atoms. The topological polar surface area (TPSA) is 427 Å². The normalized spacial score (nSPS) is 53.2. The third-order valence-corrected chi connectivity index (χ3v) is 10.3. The molecule has 26 heteroatoms. The average molecular weight is 829 g/mol. The predicted octanol–water partition coefficient (Wildman–Crippen LogP) is -11.9. The van der Waals surface area contributed by atoms with Gasteiger partial charge in [-0.3, -0.25) is 0 Å². The highest BCUT2D eigenvalue weighted by Crippen LogP contribution is 2.33. The van der Waals surface area contributed by atoms with Crippen LogP contribution in [-0.4, -0.2) is 273 Å². The maximum Gasteiger partial charge on any atom is 0.187 e. The van der Waals surface area contributed by atoms with E-state index in [0.717, 1.165) is 0 Å². The zero-order valence-corrected chi connectivity index (χ0v) is 29.2. The molecule has 0 radical (unpaired) electrons. The second-order valence-corrected chi connectivity index (χ2v) is 14.0. The third kappa shape index (κ3) is 9.46. The minimum atomic E-state index is -2.11. The highest BCUT2D eigenvalue weighted by molar-refractivity contribution is 4.97. The van der Waals surface area contributed by atoms with E-state index in [2.05, 4.69) is 0 Å². The Labute approximate surface area is 316 Å². The van der Waals surface area contributed by atoms with Crippen LogP contribution >= 0.6 is 0 Å². The lowest BCUT2D eigenvalue weighted by Gasteiger charge is -2.47. The van der Waals surface area contributed by atoms with Gasteiger partial charge in [0.25, 0.3) is 0 Å². The van der Waals surface area contributed by atoms with Gasteiger partial charge in [0, 0.05) is 0 Å². The van der Waals surface area contributed by atoms with E-state index in [0.29, 0.717) is 0 Å². The summed E-state index contributed by atoms with van der Waals surface area (Å²) in [6, 6.07) is 0. The quantitative estimate of drug-likeness (QED) is 0.0819. The van der Waals surface area contributed by atoms with Gasteiger partial charge >= 0.3 is 0 Å². The van der Waals surface area contributed by atoms with Crippen molar-refractivity contribution in [3.05, 3.63) is 0 Å². The van der Waals surface area contributed by atoms with E-state index in [1.165, 1.54) is 0 Å². The summed E-state index contributed by atoms with van der Waals surface area (Å²) in [5.74, 6) is 0. The Bertz CT molecular complexity index is 1200. The van der Waals surface area contributed by atoms with Crippen molar-refractivity contribution in [2.24, 2.45) is 0 Å². The van der Waals surface area contributed by atoms with Crippen molar-refractivity contribution < 1.29 is 129 Å². The number of hydrogen-bond donors (Lipinski definition) is 17. The van der Waals surface area contributed by atoms with Gasteiger partial charge in [-0.15, -0.1) is 0 Å². The van der Waals surface area contributed by atoms with Crippen molar-refractivity contribution in [1.82, 2.24) is 0 Å². The molecular formula is C30H52O26. The van der Waals surface area contributed by atoms with Gasteiger partial charge in [-0.05, 0) is 0 Å². The second-order valence-electron chi connectivity index (χ2n) is 14.0. The molecular weight excluding hydrogens is 776 g/mol. The number of aliphatic hydroxyl groups excluding tert-OH is 17. The minimum absolute atomic E-state index is 0.784. The van der Waals surface area contributed by atoms with E-state index >= 15 is 0 Å². The average Bonchev–Trinajstić information content (AvgIpc) is 3.18. The van der Waals surface area contributed by atoms with Crippen molar-refractivity contribution in [3.63, 3.8) is 0 Å². The summed E-state index contributed by atoms with van der Waals surface area (Å²) in [5, 5.41) is 175. The first-order valence-electron chi connectivity index (χ1n) is 17.6. The molecule has 0 saturated carbocycles. The summed E-state index contributed by atoms with van der Waals surface area (Å²) in [4.78, 5) is 0. The second kappa shape index (κ2) is 19.6. The summed E-state index contributed by atoms with van der Waals surface area (Å²) >= 11 is 0. The molecule has 0 spiro atoms. The maximum atomic E-state index is 11.3. The molecule has 26 nitrogen and oxygen atoms in total. The van der Waals surface area contributed by atoms with Gasteiger partial charge < -0.3 is 129 Å². The zero-order chi connectivity index (χ0) is 41.3. The number of hydrogen-bond acceptors (Lipinski definition) is 26. The van der Waals surface area contributed by atoms with Gasteiger partial charge in [0.1, 0.15) is 122 Å². The smallest absolute Gasteiger partial charge is 0.187 e. The summed E-state index contributed by atoms with van der Waals surface area (Å²) < 4.78 is 49.0. The Hall–Kier alpha value is -1.04. The van der Waals surface area contributed by atoms with Gasteiger partial charge in [0.05, 0.1) is 33.0 Å². The van der Waals surface area contributed by atoms with Crippen LogP contribution in [-0.2, 0) is 42.6 Å². The van der Waals surface area contributed by atoms with Crippen LogP contribution in [0.2, 0.25) is 0 Å². The Morgan fingerprint density at radius 2 is 0.625 bits per heavy atom. The van der Waals surface area contributed by atoms with Crippen LogP contribution in [0.1, 0.15) is 0 Å². The van der Waals surface area contributed by atoms with Crippen molar-refractivity contribution in [2.45, 2.75) is 154 Å². The summed E-state index contributed by atoms with van der Waals surface area (Å²) in [5.41, 5.74) is 0. The molecule has 0 amide bonds. The molecule has 5 aliphatic heterocycles. The lowest BCUT2D eigenvalue weighted by Crippen LogP contribution is -2.66. The number of aliphatic hydroxyl groups is 17. The lowest BCUT2D eigenvalue weighted by molar-refractivity contribution is -0.375. The van der Waals surface area contributed by atoms with Crippen molar-refractivity contribution in [2.75, 3.05) is 33.0 Å². The van der Waals surface area contributed by atoms with E-state index in [9.17, 15) is 86.8 Å². The van der Waals surface area contributed by atoms with E-state index in [1.807, 2.05) is 0 Å². The monoisotopic (exact) mass is 828 g/mol.